The molecule has 0 aliphatic carbocycles. The van der Waals surface area contributed by atoms with Gasteiger partial charge < -0.3 is 10.1 Å². The minimum Gasteiger partial charge on any atom is -0.484 e. The van der Waals surface area contributed by atoms with Crippen molar-refractivity contribution in [1.29, 1.82) is 0 Å². The maximum absolute atomic E-state index is 11.8. The second kappa shape index (κ2) is 7.06. The predicted octanol–water partition coefficient (Wildman–Crippen LogP) is 1.26. The summed E-state index contributed by atoms with van der Waals surface area (Å²) >= 11 is 0. The molecule has 0 aromatic heterocycles. The summed E-state index contributed by atoms with van der Waals surface area (Å²) in [6.07, 6.45) is 0. The van der Waals surface area contributed by atoms with E-state index in [0.717, 1.165) is 0 Å². The molecular formula is C14H13N3O6S. The molecule has 0 spiro atoms. The summed E-state index contributed by atoms with van der Waals surface area (Å²) < 4.78 is 27.7. The van der Waals surface area contributed by atoms with Crippen LogP contribution in [0, 0.1) is 10.1 Å². The molecular weight excluding hydrogens is 338 g/mol. The van der Waals surface area contributed by atoms with Gasteiger partial charge in [-0.3, -0.25) is 14.9 Å². The first-order chi connectivity index (χ1) is 11.3. The quantitative estimate of drug-likeness (QED) is 0.592. The van der Waals surface area contributed by atoms with E-state index in [9.17, 15) is 23.3 Å². The van der Waals surface area contributed by atoms with Gasteiger partial charge in [0.15, 0.2) is 6.61 Å². The number of nitro groups is 1. The topological polar surface area (TPSA) is 142 Å². The van der Waals surface area contributed by atoms with Crippen LogP contribution in [0.25, 0.3) is 0 Å². The highest BCUT2D eigenvalue weighted by atomic mass is 32.2. The molecule has 10 heteroatoms. The van der Waals surface area contributed by atoms with E-state index in [-0.39, 0.29) is 22.0 Å². The molecule has 0 aliphatic rings. The monoisotopic (exact) mass is 351 g/mol. The molecule has 0 unspecified atom stereocenters. The Labute approximate surface area is 137 Å². The number of rotatable bonds is 6. The fraction of sp³-hybridized carbons (Fsp3) is 0.0714. The van der Waals surface area contributed by atoms with Gasteiger partial charge in [-0.25, -0.2) is 13.6 Å². The van der Waals surface area contributed by atoms with E-state index in [1.54, 1.807) is 0 Å². The zero-order valence-corrected chi connectivity index (χ0v) is 13.0. The third-order valence-electron chi connectivity index (χ3n) is 2.84. The number of anilines is 1. The Morgan fingerprint density at radius 3 is 2.58 bits per heavy atom. The van der Waals surface area contributed by atoms with Gasteiger partial charge in [0.2, 0.25) is 10.0 Å². The van der Waals surface area contributed by atoms with Crippen molar-refractivity contribution >= 4 is 27.3 Å². The van der Waals surface area contributed by atoms with E-state index in [0.29, 0.717) is 0 Å². The van der Waals surface area contributed by atoms with Crippen LogP contribution in [0.1, 0.15) is 0 Å². The van der Waals surface area contributed by atoms with Gasteiger partial charge in [-0.15, -0.1) is 0 Å². The van der Waals surface area contributed by atoms with Gasteiger partial charge in [-0.1, -0.05) is 12.1 Å². The van der Waals surface area contributed by atoms with Crippen LogP contribution >= 0.6 is 0 Å². The number of hydrogen-bond acceptors (Lipinski definition) is 6. The fourth-order valence-electron chi connectivity index (χ4n) is 1.78. The highest BCUT2D eigenvalue weighted by Crippen LogP contribution is 2.19. The molecule has 0 fully saturated rings. The number of non-ortho nitro benzene ring substituents is 1. The van der Waals surface area contributed by atoms with Crippen molar-refractivity contribution in [2.75, 3.05) is 11.9 Å². The van der Waals surface area contributed by atoms with E-state index in [2.05, 4.69) is 5.32 Å². The first-order valence-electron chi connectivity index (χ1n) is 6.56. The van der Waals surface area contributed by atoms with Crippen LogP contribution in [-0.4, -0.2) is 25.9 Å². The standard InChI is InChI=1S/C14H13N3O6S/c15-24(21,22)13-6-1-3-10(7-13)16-14(18)9-23-12-5-2-4-11(8-12)17(19)20/h1-8H,9H2,(H,16,18)(H2,15,21,22). The number of ether oxygens (including phenoxy) is 1. The number of carbonyl (C=O) groups excluding carboxylic acids is 1. The fourth-order valence-corrected chi connectivity index (χ4v) is 2.34. The van der Waals surface area contributed by atoms with Gasteiger partial charge in [0.25, 0.3) is 11.6 Å². The average Bonchev–Trinajstić information content (AvgIpc) is 2.52. The third-order valence-corrected chi connectivity index (χ3v) is 3.76. The van der Waals surface area contributed by atoms with Crippen molar-refractivity contribution in [2.45, 2.75) is 4.90 Å². The van der Waals surface area contributed by atoms with Crippen LogP contribution in [0.4, 0.5) is 11.4 Å². The molecule has 24 heavy (non-hydrogen) atoms. The molecule has 0 atom stereocenters. The molecule has 3 N–H and O–H groups in total. The van der Waals surface area contributed by atoms with E-state index in [1.807, 2.05) is 0 Å². The zero-order chi connectivity index (χ0) is 17.7. The smallest absolute Gasteiger partial charge is 0.273 e. The summed E-state index contributed by atoms with van der Waals surface area (Å²) in [5.41, 5.74) is 0.0722. The van der Waals surface area contributed by atoms with Crippen LogP contribution < -0.4 is 15.2 Å². The molecule has 126 valence electrons. The average molecular weight is 351 g/mol. The number of nitrogens with zero attached hydrogens (tertiary/aromatic N) is 1. The lowest BCUT2D eigenvalue weighted by Crippen LogP contribution is -2.20. The van der Waals surface area contributed by atoms with Crippen LogP contribution in [0.15, 0.2) is 53.4 Å². The lowest BCUT2D eigenvalue weighted by molar-refractivity contribution is -0.384. The number of nitrogens with one attached hydrogen (secondary N) is 1. The van der Waals surface area contributed by atoms with Crippen LogP contribution in [0.2, 0.25) is 0 Å². The van der Waals surface area contributed by atoms with Crippen molar-refractivity contribution < 1.29 is 22.9 Å². The van der Waals surface area contributed by atoms with Gasteiger partial charge in [0.05, 0.1) is 15.9 Å². The lowest BCUT2D eigenvalue weighted by Gasteiger charge is -2.08. The number of hydrogen-bond donors (Lipinski definition) is 2. The molecule has 0 saturated carbocycles. The van der Waals surface area contributed by atoms with E-state index in [4.69, 9.17) is 9.88 Å². The number of nitrogens with two attached hydrogens (primary N) is 1. The molecule has 0 radical (unpaired) electrons. The summed E-state index contributed by atoms with van der Waals surface area (Å²) in [6.45, 7) is -0.402. The minimum atomic E-state index is -3.88. The Bertz CT molecular complexity index is 882. The summed E-state index contributed by atoms with van der Waals surface area (Å²) in [4.78, 5) is 21.8. The second-order valence-electron chi connectivity index (χ2n) is 4.66. The zero-order valence-electron chi connectivity index (χ0n) is 12.2. The summed E-state index contributed by atoms with van der Waals surface area (Å²) in [6, 6.07) is 10.8. The van der Waals surface area contributed by atoms with Crippen molar-refractivity contribution in [3.8, 4) is 5.75 Å². The van der Waals surface area contributed by atoms with E-state index in [1.165, 1.54) is 48.5 Å². The molecule has 9 nitrogen and oxygen atoms in total. The summed E-state index contributed by atoms with van der Waals surface area (Å²) in [7, 11) is -3.88. The Hall–Kier alpha value is -2.98. The number of nitro benzene ring substituents is 1. The van der Waals surface area contributed by atoms with Gasteiger partial charge in [0.1, 0.15) is 5.75 Å². The Morgan fingerprint density at radius 2 is 1.92 bits per heavy atom. The summed E-state index contributed by atoms with van der Waals surface area (Å²) in [5, 5.41) is 18.1. The molecule has 0 saturated heterocycles. The molecule has 0 aliphatic heterocycles. The van der Waals surface area contributed by atoms with Gasteiger partial charge >= 0.3 is 0 Å². The number of benzene rings is 2. The predicted molar refractivity (Wildman–Crippen MR) is 85.0 cm³/mol. The largest absolute Gasteiger partial charge is 0.484 e. The van der Waals surface area contributed by atoms with Crippen LogP contribution in [0.3, 0.4) is 0 Å². The Balaban J connectivity index is 1.99. The molecule has 2 rings (SSSR count). The van der Waals surface area contributed by atoms with Crippen molar-refractivity contribution in [1.82, 2.24) is 0 Å². The lowest BCUT2D eigenvalue weighted by atomic mass is 10.3. The second-order valence-corrected chi connectivity index (χ2v) is 6.23. The van der Waals surface area contributed by atoms with E-state index >= 15 is 0 Å². The van der Waals surface area contributed by atoms with Crippen LogP contribution in [-0.2, 0) is 14.8 Å². The highest BCUT2D eigenvalue weighted by Gasteiger charge is 2.11. The van der Waals surface area contributed by atoms with Gasteiger partial charge in [0, 0.05) is 11.8 Å². The molecule has 2 aromatic rings. The molecule has 1 amide bonds. The van der Waals surface area contributed by atoms with Gasteiger partial charge in [-0.2, -0.15) is 0 Å². The SMILES string of the molecule is NS(=O)(=O)c1cccc(NC(=O)COc2cccc([N+](=O)[O-])c2)c1. The molecule has 2 aromatic carbocycles. The number of sulfonamides is 1. The third kappa shape index (κ3) is 4.76. The first kappa shape index (κ1) is 17.4. The van der Waals surface area contributed by atoms with Gasteiger partial charge in [-0.05, 0) is 24.3 Å². The maximum atomic E-state index is 11.8. The normalized spacial score (nSPS) is 10.9. The number of primary sulfonamides is 1. The van der Waals surface area contributed by atoms with Crippen molar-refractivity contribution in [3.05, 3.63) is 58.6 Å². The Morgan fingerprint density at radius 1 is 1.21 bits per heavy atom. The number of amides is 1. The maximum Gasteiger partial charge on any atom is 0.273 e. The van der Waals surface area contributed by atoms with Crippen molar-refractivity contribution in [3.63, 3.8) is 0 Å². The summed E-state index contributed by atoms with van der Waals surface area (Å²) in [5.74, 6) is -0.397. The Kier molecular flexibility index (Phi) is 5.11. The first-order valence-corrected chi connectivity index (χ1v) is 8.10. The van der Waals surface area contributed by atoms with E-state index < -0.39 is 27.5 Å². The highest BCUT2D eigenvalue weighted by molar-refractivity contribution is 7.89. The molecule has 0 bridgehead atoms. The molecule has 0 heterocycles. The van der Waals surface area contributed by atoms with Crippen molar-refractivity contribution in [2.24, 2.45) is 5.14 Å². The minimum absolute atomic E-state index is 0.139. The van der Waals surface area contributed by atoms with Crippen LogP contribution in [0.5, 0.6) is 5.75 Å². The number of carbonyl (C=O) groups is 1.